The van der Waals surface area contributed by atoms with Crippen LogP contribution in [0.2, 0.25) is 23.2 Å². The average Bonchev–Trinajstić information content (AvgIpc) is 2.84. The minimum Gasteiger partial charge on any atom is -0.507 e. The molecule has 0 amide bonds. The van der Waals surface area contributed by atoms with Crippen LogP contribution in [0, 0.1) is 0 Å². The number of carbonyl (C=O) groups is 1. The van der Waals surface area contributed by atoms with Crippen LogP contribution < -0.4 is 10.2 Å². The molecule has 0 radical (unpaired) electrons. The van der Waals surface area contributed by atoms with Crippen molar-refractivity contribution in [1.29, 1.82) is 0 Å². The number of fused-ring (bicyclic) bond motifs is 1. The van der Waals surface area contributed by atoms with Gasteiger partial charge in [0.1, 0.15) is 22.5 Å². The first-order valence-electron chi connectivity index (χ1n) is 13.5. The number of phenolic OH excluding ortho intramolecular Hbond substituents is 1. The fraction of sp³-hybridized carbons (Fsp3) is 0.467. The van der Waals surface area contributed by atoms with Crippen LogP contribution in [0.25, 0.3) is 22.3 Å². The largest absolute Gasteiger partial charge is 0.513 e. The Bertz CT molecular complexity index is 1460. The number of halogens is 1. The third-order valence-corrected chi connectivity index (χ3v) is 12.8. The van der Waals surface area contributed by atoms with Gasteiger partial charge in [0, 0.05) is 35.7 Å². The lowest BCUT2D eigenvalue weighted by Crippen LogP contribution is -2.51. The third-order valence-electron chi connectivity index (χ3n) is 7.96. The molecule has 8 nitrogen and oxygen atoms in total. The van der Waals surface area contributed by atoms with Gasteiger partial charge in [-0.2, -0.15) is 0 Å². The second kappa shape index (κ2) is 11.6. The van der Waals surface area contributed by atoms with Gasteiger partial charge in [-0.05, 0) is 57.2 Å². The van der Waals surface area contributed by atoms with Crippen molar-refractivity contribution in [3.05, 3.63) is 57.2 Å². The molecule has 216 valence electrons. The second-order valence-electron chi connectivity index (χ2n) is 11.8. The molecule has 0 unspecified atom stereocenters. The topological polar surface area (TPSA) is 98.4 Å². The number of carbonyl (C=O) groups excluding carboxylic acids is 1. The van der Waals surface area contributed by atoms with Crippen LogP contribution in [0.3, 0.4) is 0 Å². The summed E-state index contributed by atoms with van der Waals surface area (Å²) < 4.78 is 23.6. The first-order valence-corrected chi connectivity index (χ1v) is 16.8. The number of rotatable bonds is 6. The zero-order chi connectivity index (χ0) is 29.4. The number of hydrogen-bond acceptors (Lipinski definition) is 8. The quantitative estimate of drug-likeness (QED) is 0.184. The van der Waals surface area contributed by atoms with Gasteiger partial charge in [-0.15, -0.1) is 0 Å². The Hall–Kier alpha value is -2.85. The smallest absolute Gasteiger partial charge is 0.507 e. The average molecular weight is 588 g/mol. The molecular weight excluding hydrogens is 550 g/mol. The fourth-order valence-corrected chi connectivity index (χ4v) is 6.43. The highest BCUT2D eigenvalue weighted by atomic mass is 35.5. The highest BCUT2D eigenvalue weighted by Gasteiger charge is 2.43. The molecule has 2 atom stereocenters. The summed E-state index contributed by atoms with van der Waals surface area (Å²) in [4.78, 5) is 28.1. The lowest BCUT2D eigenvalue weighted by atomic mass is 9.85. The minimum absolute atomic E-state index is 0.0290. The van der Waals surface area contributed by atoms with Gasteiger partial charge in [0.15, 0.2) is 19.5 Å². The van der Waals surface area contributed by atoms with E-state index in [9.17, 15) is 14.7 Å². The van der Waals surface area contributed by atoms with Crippen molar-refractivity contribution in [1.82, 2.24) is 4.90 Å². The van der Waals surface area contributed by atoms with Crippen molar-refractivity contribution in [3.8, 4) is 22.8 Å². The summed E-state index contributed by atoms with van der Waals surface area (Å²) in [5.41, 5.74) is 0.684. The van der Waals surface area contributed by atoms with E-state index in [-0.39, 0.29) is 51.9 Å². The van der Waals surface area contributed by atoms with E-state index >= 15 is 0 Å². The predicted octanol–water partition coefficient (Wildman–Crippen LogP) is 7.16. The summed E-state index contributed by atoms with van der Waals surface area (Å²) in [6.07, 6.45) is -0.583. The van der Waals surface area contributed by atoms with Gasteiger partial charge in [-0.3, -0.25) is 4.79 Å². The number of hydrogen-bond donors (Lipinski definition) is 1. The first-order chi connectivity index (χ1) is 18.7. The third kappa shape index (κ3) is 6.07. The summed E-state index contributed by atoms with van der Waals surface area (Å²) in [5.74, 6) is -0.325. The zero-order valence-corrected chi connectivity index (χ0v) is 25.9. The number of ether oxygens (including phenoxy) is 2. The molecule has 0 spiro atoms. The number of benzene rings is 2. The van der Waals surface area contributed by atoms with Crippen LogP contribution in [0.15, 0.2) is 45.6 Å². The summed E-state index contributed by atoms with van der Waals surface area (Å²) in [7, 11) is -0.165. The summed E-state index contributed by atoms with van der Waals surface area (Å²) in [6, 6.07) is 9.66. The molecule has 1 aliphatic heterocycles. The Morgan fingerprint density at radius 3 is 2.58 bits per heavy atom. The normalized spacial score (nSPS) is 18.6. The van der Waals surface area contributed by atoms with Crippen molar-refractivity contribution in [3.63, 3.8) is 0 Å². The molecule has 4 rings (SSSR count). The minimum atomic E-state index is -2.21. The van der Waals surface area contributed by atoms with E-state index in [1.54, 1.807) is 31.2 Å². The van der Waals surface area contributed by atoms with E-state index in [1.165, 1.54) is 12.1 Å². The molecule has 10 heteroatoms. The fourth-order valence-electron chi connectivity index (χ4n) is 4.85. The molecule has 1 fully saturated rings. The number of nitrogens with zero attached hydrogens (tertiary/aromatic N) is 1. The highest BCUT2D eigenvalue weighted by molar-refractivity contribution is 6.74. The Kier molecular flexibility index (Phi) is 8.70. The number of piperidine rings is 1. The van der Waals surface area contributed by atoms with Gasteiger partial charge < -0.3 is 28.3 Å². The molecule has 0 saturated carbocycles. The Morgan fingerprint density at radius 2 is 1.93 bits per heavy atom. The lowest BCUT2D eigenvalue weighted by Gasteiger charge is -2.45. The van der Waals surface area contributed by atoms with E-state index in [2.05, 4.69) is 38.8 Å². The van der Waals surface area contributed by atoms with E-state index < -0.39 is 19.9 Å². The van der Waals surface area contributed by atoms with Gasteiger partial charge in [-0.25, -0.2) is 4.79 Å². The monoisotopic (exact) mass is 587 g/mol. The summed E-state index contributed by atoms with van der Waals surface area (Å²) in [5, 5.41) is 11.9. The Labute approximate surface area is 240 Å². The predicted molar refractivity (Wildman–Crippen MR) is 159 cm³/mol. The maximum absolute atomic E-state index is 13.6. The Morgan fingerprint density at radius 1 is 1.23 bits per heavy atom. The molecule has 3 aromatic rings. The first kappa shape index (κ1) is 30.1. The van der Waals surface area contributed by atoms with Gasteiger partial charge in [0.25, 0.3) is 0 Å². The lowest BCUT2D eigenvalue weighted by molar-refractivity contribution is 0.0710. The summed E-state index contributed by atoms with van der Waals surface area (Å²) >= 11 is 6.45. The van der Waals surface area contributed by atoms with Gasteiger partial charge in [0.05, 0.1) is 17.7 Å². The van der Waals surface area contributed by atoms with E-state index in [0.717, 1.165) is 6.54 Å². The standard InChI is InChI=1S/C30H38ClNO7Si/c1-8-36-29(35)38-24-16-21(33)26(19-13-14-32(5)17-25(19)39-40(6,7)30(2,3)4)28-27(24)22(34)15-23(37-28)18-11-9-10-12-20(18)31/h9-12,15-16,19,25,33H,8,13-14,17H2,1-7H3/t19-,25+/m0/s1. The van der Waals surface area contributed by atoms with Crippen LogP contribution in [-0.4, -0.2) is 57.3 Å². The van der Waals surface area contributed by atoms with E-state index in [0.29, 0.717) is 29.1 Å². The Balaban J connectivity index is 1.97. The molecule has 0 aliphatic carbocycles. The van der Waals surface area contributed by atoms with Gasteiger partial charge in [-0.1, -0.05) is 44.5 Å². The van der Waals surface area contributed by atoms with E-state index in [1.807, 2.05) is 7.05 Å². The van der Waals surface area contributed by atoms with Crippen molar-refractivity contribution >= 4 is 37.0 Å². The van der Waals surface area contributed by atoms with Gasteiger partial charge in [0.2, 0.25) is 0 Å². The molecule has 1 saturated heterocycles. The number of phenols is 1. The van der Waals surface area contributed by atoms with E-state index in [4.69, 9.17) is 29.9 Å². The molecule has 1 aromatic heterocycles. The maximum atomic E-state index is 13.6. The van der Waals surface area contributed by atoms with Crippen LogP contribution in [0.4, 0.5) is 4.79 Å². The summed E-state index contributed by atoms with van der Waals surface area (Å²) in [6.45, 7) is 14.1. The molecule has 2 aromatic carbocycles. The number of likely N-dealkylation sites (N-methyl/N-ethyl adjacent to an activating group) is 1. The number of aromatic hydroxyl groups is 1. The van der Waals surface area contributed by atoms with Crippen LogP contribution in [0.1, 0.15) is 45.6 Å². The maximum Gasteiger partial charge on any atom is 0.513 e. The zero-order valence-electron chi connectivity index (χ0n) is 24.2. The van der Waals surface area contributed by atoms with Crippen LogP contribution >= 0.6 is 11.6 Å². The van der Waals surface area contributed by atoms with Crippen LogP contribution in [0.5, 0.6) is 11.5 Å². The molecule has 40 heavy (non-hydrogen) atoms. The highest BCUT2D eigenvalue weighted by Crippen LogP contribution is 2.46. The molecular formula is C30H38ClNO7Si. The van der Waals surface area contributed by atoms with Crippen LogP contribution in [-0.2, 0) is 9.16 Å². The molecule has 2 heterocycles. The molecule has 0 bridgehead atoms. The van der Waals surface area contributed by atoms with Crippen molar-refractivity contribution in [2.75, 3.05) is 26.7 Å². The van der Waals surface area contributed by atoms with Crippen molar-refractivity contribution < 1.29 is 28.2 Å². The second-order valence-corrected chi connectivity index (χ2v) is 17.0. The van der Waals surface area contributed by atoms with Gasteiger partial charge >= 0.3 is 6.16 Å². The molecule has 1 N–H and O–H groups in total. The van der Waals surface area contributed by atoms with Crippen molar-refractivity contribution in [2.24, 2.45) is 0 Å². The van der Waals surface area contributed by atoms with Crippen molar-refractivity contribution in [2.45, 2.75) is 64.3 Å². The molecule has 1 aliphatic rings. The SMILES string of the molecule is CCOC(=O)Oc1cc(O)c([C@H]2CCN(C)C[C@H]2O[Si](C)(C)C(C)(C)C)c2oc(-c3ccccc3Cl)cc(=O)c12. The number of likely N-dealkylation sites (tertiary alicyclic amines) is 1.